The van der Waals surface area contributed by atoms with Crippen molar-refractivity contribution in [1.29, 1.82) is 0 Å². The lowest BCUT2D eigenvalue weighted by Gasteiger charge is -2.15. The van der Waals surface area contributed by atoms with E-state index in [1.54, 1.807) is 6.26 Å². The first-order chi connectivity index (χ1) is 8.27. The molecule has 1 aromatic carbocycles. The van der Waals surface area contributed by atoms with Crippen molar-refractivity contribution < 1.29 is 4.42 Å². The van der Waals surface area contributed by atoms with Crippen LogP contribution in [0.15, 0.2) is 47.1 Å². The number of furan rings is 1. The molecule has 2 nitrogen and oxygen atoms in total. The maximum Gasteiger partial charge on any atom is 0.105 e. The van der Waals surface area contributed by atoms with Crippen LogP contribution >= 0.6 is 11.6 Å². The van der Waals surface area contributed by atoms with E-state index in [0.717, 1.165) is 29.3 Å². The van der Waals surface area contributed by atoms with Gasteiger partial charge >= 0.3 is 0 Å². The molecule has 2 rings (SSSR count). The Labute approximate surface area is 107 Å². The molecule has 0 spiro atoms. The van der Waals surface area contributed by atoms with Gasteiger partial charge in [0.05, 0.1) is 6.26 Å². The predicted octanol–water partition coefficient (Wildman–Crippen LogP) is 3.83. The van der Waals surface area contributed by atoms with Gasteiger partial charge < -0.3 is 9.73 Å². The molecule has 0 aliphatic heterocycles. The van der Waals surface area contributed by atoms with Crippen LogP contribution < -0.4 is 5.32 Å². The standard InChI is InChI=1S/C14H16ClNO/c1-11(13-6-2-3-7-14(13)15)16-9-8-12-5-4-10-17-12/h2-7,10-11,16H,8-9H2,1H3. The molecule has 0 saturated heterocycles. The Kier molecular flexibility index (Phi) is 4.24. The van der Waals surface area contributed by atoms with E-state index in [0.29, 0.717) is 0 Å². The fourth-order valence-electron chi connectivity index (χ4n) is 1.80. The van der Waals surface area contributed by atoms with E-state index in [4.69, 9.17) is 16.0 Å². The number of hydrogen-bond donors (Lipinski definition) is 1. The Morgan fingerprint density at radius 3 is 2.76 bits per heavy atom. The fraction of sp³-hybridized carbons (Fsp3) is 0.286. The molecule has 3 heteroatoms. The zero-order chi connectivity index (χ0) is 12.1. The van der Waals surface area contributed by atoms with Gasteiger partial charge in [-0.3, -0.25) is 0 Å². The van der Waals surface area contributed by atoms with Crippen molar-refractivity contribution in [3.8, 4) is 0 Å². The Morgan fingerprint density at radius 1 is 1.24 bits per heavy atom. The maximum atomic E-state index is 6.14. The summed E-state index contributed by atoms with van der Waals surface area (Å²) in [6.45, 7) is 2.99. The maximum absolute atomic E-state index is 6.14. The first-order valence-electron chi connectivity index (χ1n) is 5.77. The van der Waals surface area contributed by atoms with E-state index in [9.17, 15) is 0 Å². The van der Waals surface area contributed by atoms with Gasteiger partial charge in [0, 0.05) is 24.0 Å². The average molecular weight is 250 g/mol. The predicted molar refractivity (Wildman–Crippen MR) is 70.3 cm³/mol. The lowest BCUT2D eigenvalue weighted by molar-refractivity contribution is 0.486. The van der Waals surface area contributed by atoms with Crippen molar-refractivity contribution in [3.05, 3.63) is 59.0 Å². The minimum Gasteiger partial charge on any atom is -0.469 e. The van der Waals surface area contributed by atoms with Crippen LogP contribution in [0, 0.1) is 0 Å². The van der Waals surface area contributed by atoms with E-state index in [1.807, 2.05) is 36.4 Å². The Hall–Kier alpha value is -1.25. The van der Waals surface area contributed by atoms with E-state index in [1.165, 1.54) is 0 Å². The summed E-state index contributed by atoms with van der Waals surface area (Å²) < 4.78 is 5.28. The van der Waals surface area contributed by atoms with Crippen LogP contribution in [0.4, 0.5) is 0 Å². The van der Waals surface area contributed by atoms with Gasteiger partial charge in [-0.15, -0.1) is 0 Å². The number of hydrogen-bond acceptors (Lipinski definition) is 2. The van der Waals surface area contributed by atoms with Gasteiger partial charge in [0.25, 0.3) is 0 Å². The summed E-state index contributed by atoms with van der Waals surface area (Å²) >= 11 is 6.14. The first-order valence-corrected chi connectivity index (χ1v) is 6.15. The van der Waals surface area contributed by atoms with Crippen LogP contribution in [0.1, 0.15) is 24.3 Å². The molecule has 0 bridgehead atoms. The molecule has 0 fully saturated rings. The number of halogens is 1. The minimum atomic E-state index is 0.249. The lowest BCUT2D eigenvalue weighted by Crippen LogP contribution is -2.21. The summed E-state index contributed by atoms with van der Waals surface area (Å²) in [5, 5.41) is 4.24. The molecular weight excluding hydrogens is 234 g/mol. The van der Waals surface area contributed by atoms with Crippen molar-refractivity contribution in [2.75, 3.05) is 6.54 Å². The monoisotopic (exact) mass is 249 g/mol. The summed E-state index contributed by atoms with van der Waals surface area (Å²) in [5.41, 5.74) is 1.13. The molecule has 1 N–H and O–H groups in total. The van der Waals surface area contributed by atoms with Crippen LogP contribution in [-0.2, 0) is 6.42 Å². The van der Waals surface area contributed by atoms with Gasteiger partial charge in [-0.1, -0.05) is 29.8 Å². The number of rotatable bonds is 5. The molecule has 0 radical (unpaired) electrons. The Balaban J connectivity index is 1.85. The van der Waals surface area contributed by atoms with Crippen molar-refractivity contribution in [2.24, 2.45) is 0 Å². The molecule has 1 unspecified atom stereocenters. The molecule has 0 aliphatic carbocycles. The molecule has 0 aliphatic rings. The van der Waals surface area contributed by atoms with Crippen molar-refractivity contribution in [1.82, 2.24) is 5.32 Å². The highest BCUT2D eigenvalue weighted by Crippen LogP contribution is 2.21. The van der Waals surface area contributed by atoms with Gasteiger partial charge in [-0.2, -0.15) is 0 Å². The highest BCUT2D eigenvalue weighted by Gasteiger charge is 2.08. The third-order valence-electron chi connectivity index (χ3n) is 2.77. The second kappa shape index (κ2) is 5.89. The van der Waals surface area contributed by atoms with Crippen molar-refractivity contribution >= 4 is 11.6 Å². The Morgan fingerprint density at radius 2 is 2.06 bits per heavy atom. The van der Waals surface area contributed by atoms with Gasteiger partial charge in [-0.05, 0) is 30.7 Å². The summed E-state index contributed by atoms with van der Waals surface area (Å²) in [6, 6.07) is 12.1. The largest absolute Gasteiger partial charge is 0.469 e. The van der Waals surface area contributed by atoms with Crippen LogP contribution in [0.3, 0.4) is 0 Å². The molecule has 1 aromatic heterocycles. The van der Waals surface area contributed by atoms with E-state index in [2.05, 4.69) is 12.2 Å². The zero-order valence-electron chi connectivity index (χ0n) is 9.82. The fourth-order valence-corrected chi connectivity index (χ4v) is 2.10. The number of nitrogens with one attached hydrogen (secondary N) is 1. The quantitative estimate of drug-likeness (QED) is 0.871. The highest BCUT2D eigenvalue weighted by atomic mass is 35.5. The molecule has 0 saturated carbocycles. The topological polar surface area (TPSA) is 25.2 Å². The second-order valence-corrected chi connectivity index (χ2v) is 4.43. The van der Waals surface area contributed by atoms with Gasteiger partial charge in [0.2, 0.25) is 0 Å². The second-order valence-electron chi connectivity index (χ2n) is 4.03. The average Bonchev–Trinajstić information content (AvgIpc) is 2.82. The van der Waals surface area contributed by atoms with Crippen LogP contribution in [0.5, 0.6) is 0 Å². The zero-order valence-corrected chi connectivity index (χ0v) is 10.6. The van der Waals surface area contributed by atoms with Crippen LogP contribution in [-0.4, -0.2) is 6.54 Å². The summed E-state index contributed by atoms with van der Waals surface area (Å²) in [4.78, 5) is 0. The molecule has 1 heterocycles. The van der Waals surface area contributed by atoms with Crippen molar-refractivity contribution in [3.63, 3.8) is 0 Å². The third-order valence-corrected chi connectivity index (χ3v) is 3.12. The third kappa shape index (κ3) is 3.35. The van der Waals surface area contributed by atoms with E-state index < -0.39 is 0 Å². The molecule has 17 heavy (non-hydrogen) atoms. The van der Waals surface area contributed by atoms with Gasteiger partial charge in [0.15, 0.2) is 0 Å². The van der Waals surface area contributed by atoms with E-state index in [-0.39, 0.29) is 6.04 Å². The SMILES string of the molecule is CC(NCCc1ccco1)c1ccccc1Cl. The van der Waals surface area contributed by atoms with Crippen molar-refractivity contribution in [2.45, 2.75) is 19.4 Å². The van der Waals surface area contributed by atoms with Crippen LogP contribution in [0.25, 0.3) is 0 Å². The highest BCUT2D eigenvalue weighted by molar-refractivity contribution is 6.31. The van der Waals surface area contributed by atoms with Gasteiger partial charge in [-0.25, -0.2) is 0 Å². The van der Waals surface area contributed by atoms with E-state index >= 15 is 0 Å². The molecular formula is C14H16ClNO. The summed E-state index contributed by atoms with van der Waals surface area (Å²) in [5.74, 6) is 1.00. The minimum absolute atomic E-state index is 0.249. The Bertz CT molecular complexity index is 453. The normalized spacial score (nSPS) is 12.6. The number of benzene rings is 1. The molecule has 0 amide bonds. The molecule has 1 atom stereocenters. The smallest absolute Gasteiger partial charge is 0.105 e. The lowest BCUT2D eigenvalue weighted by atomic mass is 10.1. The van der Waals surface area contributed by atoms with Gasteiger partial charge in [0.1, 0.15) is 5.76 Å². The summed E-state index contributed by atoms with van der Waals surface area (Å²) in [7, 11) is 0. The molecule has 90 valence electrons. The first kappa shape index (κ1) is 12.2. The molecule has 2 aromatic rings. The summed E-state index contributed by atoms with van der Waals surface area (Å²) in [6.07, 6.45) is 2.59. The van der Waals surface area contributed by atoms with Crippen LogP contribution in [0.2, 0.25) is 5.02 Å².